The van der Waals surface area contributed by atoms with Gasteiger partial charge in [0.25, 0.3) is 11.1 Å². The van der Waals surface area contributed by atoms with Gasteiger partial charge in [0.15, 0.2) is 6.61 Å². The molecule has 9 heteroatoms. The first kappa shape index (κ1) is 15.8. The minimum absolute atomic E-state index is 0.0655. The SMILES string of the molecule is O=C(CN1CCSC1=O)OCc1nc(-c2ccc(Cl)cc2)no1. The Labute approximate surface area is 140 Å². The fourth-order valence-electron chi connectivity index (χ4n) is 1.94. The third-order valence-corrected chi connectivity index (χ3v) is 4.24. The highest BCUT2D eigenvalue weighted by atomic mass is 35.5. The van der Waals surface area contributed by atoms with Gasteiger partial charge in [0.2, 0.25) is 5.82 Å². The zero-order valence-electron chi connectivity index (χ0n) is 11.9. The molecule has 7 nitrogen and oxygen atoms in total. The predicted molar refractivity (Wildman–Crippen MR) is 84.0 cm³/mol. The summed E-state index contributed by atoms with van der Waals surface area (Å²) in [7, 11) is 0. The van der Waals surface area contributed by atoms with Crippen molar-refractivity contribution in [3.05, 3.63) is 35.2 Å². The van der Waals surface area contributed by atoms with E-state index in [0.29, 0.717) is 23.1 Å². The number of nitrogens with zero attached hydrogens (tertiary/aromatic N) is 3. The van der Waals surface area contributed by atoms with Gasteiger partial charge in [0, 0.05) is 22.9 Å². The molecule has 3 rings (SSSR count). The standard InChI is InChI=1S/C14H12ClN3O4S/c15-10-3-1-9(2-4-10)13-16-11(22-17-13)8-21-12(19)7-18-5-6-23-14(18)20/h1-4H,5-8H2. The molecule has 1 aliphatic rings. The number of ether oxygens (including phenoxy) is 1. The van der Waals surface area contributed by atoms with Gasteiger partial charge < -0.3 is 14.2 Å². The number of carbonyl (C=O) groups is 2. The van der Waals surface area contributed by atoms with Crippen LogP contribution < -0.4 is 0 Å². The van der Waals surface area contributed by atoms with Crippen LogP contribution in [0.25, 0.3) is 11.4 Å². The minimum atomic E-state index is -0.507. The normalized spacial score (nSPS) is 14.3. The molecule has 0 spiro atoms. The summed E-state index contributed by atoms with van der Waals surface area (Å²) in [5, 5.41) is 4.33. The van der Waals surface area contributed by atoms with E-state index in [1.165, 1.54) is 16.7 Å². The fraction of sp³-hybridized carbons (Fsp3) is 0.286. The van der Waals surface area contributed by atoms with Gasteiger partial charge in [0.05, 0.1) is 0 Å². The summed E-state index contributed by atoms with van der Waals surface area (Å²) in [6.45, 7) is 0.360. The summed E-state index contributed by atoms with van der Waals surface area (Å²) >= 11 is 7.01. The van der Waals surface area contributed by atoms with E-state index in [4.69, 9.17) is 20.9 Å². The Morgan fingerprint density at radius 2 is 2.17 bits per heavy atom. The molecule has 0 bridgehead atoms. The summed E-state index contributed by atoms with van der Waals surface area (Å²) in [5.74, 6) is 0.761. The van der Waals surface area contributed by atoms with Gasteiger partial charge in [-0.3, -0.25) is 9.59 Å². The van der Waals surface area contributed by atoms with Crippen LogP contribution in [0.2, 0.25) is 5.02 Å². The summed E-state index contributed by atoms with van der Waals surface area (Å²) in [4.78, 5) is 28.7. The maximum Gasteiger partial charge on any atom is 0.326 e. The minimum Gasteiger partial charge on any atom is -0.454 e. The quantitative estimate of drug-likeness (QED) is 0.763. The van der Waals surface area contributed by atoms with Crippen LogP contribution in [0.15, 0.2) is 28.8 Å². The molecule has 120 valence electrons. The van der Waals surface area contributed by atoms with E-state index in [0.717, 1.165) is 5.56 Å². The molecular weight excluding hydrogens is 342 g/mol. The largest absolute Gasteiger partial charge is 0.454 e. The van der Waals surface area contributed by atoms with Gasteiger partial charge in [-0.2, -0.15) is 4.98 Å². The first-order valence-electron chi connectivity index (χ1n) is 6.77. The average molecular weight is 354 g/mol. The third-order valence-electron chi connectivity index (χ3n) is 3.09. The lowest BCUT2D eigenvalue weighted by Gasteiger charge is -2.12. The van der Waals surface area contributed by atoms with Gasteiger partial charge >= 0.3 is 5.97 Å². The lowest BCUT2D eigenvalue weighted by atomic mass is 10.2. The average Bonchev–Trinajstić information content (AvgIpc) is 3.16. The maximum absolute atomic E-state index is 11.7. The highest BCUT2D eigenvalue weighted by Crippen LogP contribution is 2.19. The molecule has 1 aliphatic heterocycles. The molecule has 0 saturated carbocycles. The second kappa shape index (κ2) is 7.01. The molecule has 23 heavy (non-hydrogen) atoms. The fourth-order valence-corrected chi connectivity index (χ4v) is 2.89. The summed E-state index contributed by atoms with van der Waals surface area (Å²) < 4.78 is 10.1. The first-order valence-corrected chi connectivity index (χ1v) is 8.14. The van der Waals surface area contributed by atoms with Crippen LogP contribution in [0, 0.1) is 0 Å². The Morgan fingerprint density at radius 3 is 2.87 bits per heavy atom. The molecule has 0 radical (unpaired) electrons. The van der Waals surface area contributed by atoms with Gasteiger partial charge in [-0.15, -0.1) is 0 Å². The van der Waals surface area contributed by atoms with E-state index in [-0.39, 0.29) is 24.3 Å². The molecule has 2 aromatic rings. The molecule has 0 N–H and O–H groups in total. The highest BCUT2D eigenvalue weighted by Gasteiger charge is 2.24. The zero-order valence-corrected chi connectivity index (χ0v) is 13.5. The van der Waals surface area contributed by atoms with Gasteiger partial charge in [-0.1, -0.05) is 28.5 Å². The van der Waals surface area contributed by atoms with Crippen LogP contribution in [0.5, 0.6) is 0 Å². The Kier molecular flexibility index (Phi) is 4.82. The maximum atomic E-state index is 11.7. The predicted octanol–water partition coefficient (Wildman–Crippen LogP) is 2.60. The number of aromatic nitrogens is 2. The number of hydrogen-bond acceptors (Lipinski definition) is 7. The number of hydrogen-bond donors (Lipinski definition) is 0. The Morgan fingerprint density at radius 1 is 1.39 bits per heavy atom. The van der Waals surface area contributed by atoms with Crippen molar-refractivity contribution in [1.82, 2.24) is 15.0 Å². The van der Waals surface area contributed by atoms with Crippen molar-refractivity contribution in [2.45, 2.75) is 6.61 Å². The molecule has 1 saturated heterocycles. The van der Waals surface area contributed by atoms with Gasteiger partial charge in [-0.05, 0) is 24.3 Å². The second-order valence-electron chi connectivity index (χ2n) is 4.72. The number of amides is 1. The second-order valence-corrected chi connectivity index (χ2v) is 6.20. The number of esters is 1. The number of rotatable bonds is 5. The van der Waals surface area contributed by atoms with Crippen LogP contribution in [0.3, 0.4) is 0 Å². The summed E-state index contributed by atoms with van der Waals surface area (Å²) in [6.07, 6.45) is 0. The lowest BCUT2D eigenvalue weighted by molar-refractivity contribution is -0.146. The van der Waals surface area contributed by atoms with E-state index in [1.807, 2.05) is 0 Å². The van der Waals surface area contributed by atoms with Crippen LogP contribution in [0.1, 0.15) is 5.89 Å². The van der Waals surface area contributed by atoms with Crippen LogP contribution in [0.4, 0.5) is 4.79 Å². The van der Waals surface area contributed by atoms with Crippen molar-refractivity contribution in [1.29, 1.82) is 0 Å². The van der Waals surface area contributed by atoms with Gasteiger partial charge in [-0.25, -0.2) is 0 Å². The molecular formula is C14H12ClN3O4S. The Balaban J connectivity index is 1.53. The molecule has 0 atom stereocenters. The number of halogens is 1. The first-order chi connectivity index (χ1) is 11.1. The third kappa shape index (κ3) is 4.02. The topological polar surface area (TPSA) is 85.5 Å². The van der Waals surface area contributed by atoms with E-state index in [9.17, 15) is 9.59 Å². The van der Waals surface area contributed by atoms with Crippen LogP contribution >= 0.6 is 23.4 Å². The van der Waals surface area contributed by atoms with Crippen molar-refractivity contribution in [3.8, 4) is 11.4 Å². The molecule has 2 heterocycles. The highest BCUT2D eigenvalue weighted by molar-refractivity contribution is 8.13. The molecule has 1 fully saturated rings. The van der Waals surface area contributed by atoms with Crippen molar-refractivity contribution < 1.29 is 18.8 Å². The molecule has 1 amide bonds. The smallest absolute Gasteiger partial charge is 0.326 e. The van der Waals surface area contributed by atoms with E-state index >= 15 is 0 Å². The molecule has 0 unspecified atom stereocenters. The monoisotopic (exact) mass is 353 g/mol. The molecule has 0 aliphatic carbocycles. The van der Waals surface area contributed by atoms with Crippen LogP contribution in [-0.2, 0) is 16.1 Å². The van der Waals surface area contributed by atoms with Crippen molar-refractivity contribution in [2.24, 2.45) is 0 Å². The summed E-state index contributed by atoms with van der Waals surface area (Å²) in [6, 6.07) is 6.97. The summed E-state index contributed by atoms with van der Waals surface area (Å²) in [5.41, 5.74) is 0.746. The van der Waals surface area contributed by atoms with Crippen molar-refractivity contribution in [3.63, 3.8) is 0 Å². The number of thioether (sulfide) groups is 1. The van der Waals surface area contributed by atoms with Crippen molar-refractivity contribution >= 4 is 34.6 Å². The van der Waals surface area contributed by atoms with E-state index < -0.39 is 5.97 Å². The van der Waals surface area contributed by atoms with E-state index in [1.54, 1.807) is 24.3 Å². The van der Waals surface area contributed by atoms with Gasteiger partial charge in [0.1, 0.15) is 6.54 Å². The zero-order chi connectivity index (χ0) is 16.2. The molecule has 1 aromatic carbocycles. The van der Waals surface area contributed by atoms with E-state index in [2.05, 4.69) is 10.1 Å². The number of benzene rings is 1. The van der Waals surface area contributed by atoms with Crippen LogP contribution in [-0.4, -0.2) is 45.1 Å². The number of carbonyl (C=O) groups excluding carboxylic acids is 2. The molecule has 1 aromatic heterocycles. The Bertz CT molecular complexity index is 719. The van der Waals surface area contributed by atoms with Crippen molar-refractivity contribution in [2.75, 3.05) is 18.8 Å². The lowest BCUT2D eigenvalue weighted by Crippen LogP contribution is -2.30. The Hall–Kier alpha value is -2.06.